The van der Waals surface area contributed by atoms with Gasteiger partial charge in [-0.1, -0.05) is 13.8 Å². The molecule has 2 unspecified atom stereocenters. The second-order valence-electron chi connectivity index (χ2n) is 6.50. The molecule has 1 aliphatic heterocycles. The van der Waals surface area contributed by atoms with Gasteiger partial charge in [-0.25, -0.2) is 8.42 Å². The van der Waals surface area contributed by atoms with Crippen LogP contribution in [0.25, 0.3) is 0 Å². The first kappa shape index (κ1) is 19.5. The van der Waals surface area contributed by atoms with Gasteiger partial charge < -0.3 is 5.32 Å². The molecule has 2 rings (SSSR count). The van der Waals surface area contributed by atoms with Crippen LogP contribution in [0.3, 0.4) is 0 Å². The van der Waals surface area contributed by atoms with Crippen LogP contribution in [0, 0.1) is 45.8 Å². The van der Waals surface area contributed by atoms with Crippen LogP contribution in [-0.2, 0) is 10.0 Å². The Kier molecular flexibility index (Phi) is 6.00. The number of benzene rings is 1. The maximum Gasteiger partial charge on any atom is 0.243 e. The van der Waals surface area contributed by atoms with Gasteiger partial charge in [0.25, 0.3) is 0 Å². The summed E-state index contributed by atoms with van der Waals surface area (Å²) in [6.45, 7) is 5.09. The summed E-state index contributed by atoms with van der Waals surface area (Å²) in [6, 6.07) is 11.0. The van der Waals surface area contributed by atoms with Crippen molar-refractivity contribution >= 4 is 15.7 Å². The minimum absolute atomic E-state index is 0.174. The van der Waals surface area contributed by atoms with Crippen LogP contribution >= 0.6 is 0 Å². The lowest BCUT2D eigenvalue weighted by Crippen LogP contribution is -2.42. The van der Waals surface area contributed by atoms with Crippen molar-refractivity contribution in [3.05, 3.63) is 35.5 Å². The van der Waals surface area contributed by atoms with Crippen LogP contribution in [0.2, 0.25) is 0 Å². The molecule has 1 aromatic carbocycles. The van der Waals surface area contributed by atoms with Crippen LogP contribution in [0.15, 0.2) is 40.4 Å². The topological polar surface area (TPSA) is 121 Å². The normalized spacial score (nSPS) is 20.3. The highest BCUT2D eigenvalue weighted by atomic mass is 32.2. The molecule has 0 saturated carbocycles. The number of sulfonamides is 1. The van der Waals surface area contributed by atoms with Crippen molar-refractivity contribution in [3.8, 4) is 18.2 Å². The Morgan fingerprint density at radius 1 is 1.04 bits per heavy atom. The van der Waals surface area contributed by atoms with E-state index in [9.17, 15) is 8.42 Å². The summed E-state index contributed by atoms with van der Waals surface area (Å²) in [5.74, 6) is 0.626. The zero-order chi connectivity index (χ0) is 19.3. The van der Waals surface area contributed by atoms with E-state index >= 15 is 0 Å². The molecule has 0 radical (unpaired) electrons. The number of rotatable bonds is 4. The van der Waals surface area contributed by atoms with Crippen molar-refractivity contribution in [3.63, 3.8) is 0 Å². The fourth-order valence-electron chi connectivity index (χ4n) is 3.09. The number of hydrogen-bond donors (Lipinski definition) is 1. The predicted molar refractivity (Wildman–Crippen MR) is 95.6 cm³/mol. The lowest BCUT2D eigenvalue weighted by atomic mass is 9.94. The van der Waals surface area contributed by atoms with Crippen molar-refractivity contribution in [1.29, 1.82) is 15.8 Å². The Bertz CT molecular complexity index is 904. The van der Waals surface area contributed by atoms with Crippen LogP contribution in [0.4, 0.5) is 5.69 Å². The molecule has 0 bridgehead atoms. The second kappa shape index (κ2) is 8.01. The SMILES string of the molecule is CC1CC(C)CN(S(=O)(=O)c2ccc(NC(C#N)=C(C#N)C#N)cc2)C1. The molecule has 7 nitrogen and oxygen atoms in total. The molecule has 0 aliphatic carbocycles. The average molecular weight is 369 g/mol. The summed E-state index contributed by atoms with van der Waals surface area (Å²) in [5.41, 5.74) is -0.0892. The van der Waals surface area contributed by atoms with E-state index < -0.39 is 10.0 Å². The fraction of sp³-hybridized carbons (Fsp3) is 0.389. The van der Waals surface area contributed by atoms with Crippen molar-refractivity contribution in [2.45, 2.75) is 25.2 Å². The molecular formula is C18H19N5O2S. The second-order valence-corrected chi connectivity index (χ2v) is 8.44. The molecule has 1 fully saturated rings. The summed E-state index contributed by atoms with van der Waals surface area (Å²) in [7, 11) is -3.58. The first-order valence-electron chi connectivity index (χ1n) is 8.13. The third kappa shape index (κ3) is 4.21. The molecule has 1 aliphatic rings. The highest BCUT2D eigenvalue weighted by molar-refractivity contribution is 7.89. The van der Waals surface area contributed by atoms with E-state index in [1.54, 1.807) is 18.2 Å². The van der Waals surface area contributed by atoms with E-state index in [-0.39, 0.29) is 16.2 Å². The zero-order valence-electron chi connectivity index (χ0n) is 14.6. The molecule has 1 heterocycles. The van der Waals surface area contributed by atoms with Crippen LogP contribution in [0.5, 0.6) is 0 Å². The van der Waals surface area contributed by atoms with Gasteiger partial charge >= 0.3 is 0 Å². The van der Waals surface area contributed by atoms with Gasteiger partial charge in [-0.05, 0) is 42.5 Å². The number of allylic oxidation sites excluding steroid dienone is 2. The Hall–Kier alpha value is -2.86. The van der Waals surface area contributed by atoms with Gasteiger partial charge in [-0.15, -0.1) is 0 Å². The van der Waals surface area contributed by atoms with Gasteiger partial charge in [-0.3, -0.25) is 0 Å². The number of anilines is 1. The predicted octanol–water partition coefficient (Wildman–Crippen LogP) is 2.59. The molecule has 134 valence electrons. The molecular weight excluding hydrogens is 350 g/mol. The van der Waals surface area contributed by atoms with Crippen molar-refractivity contribution < 1.29 is 8.42 Å². The summed E-state index contributed by atoms with van der Waals surface area (Å²) in [5, 5.41) is 29.4. The van der Waals surface area contributed by atoms with Gasteiger partial charge in [0.2, 0.25) is 10.0 Å². The first-order chi connectivity index (χ1) is 12.3. The number of hydrogen-bond acceptors (Lipinski definition) is 6. The van der Waals surface area contributed by atoms with Gasteiger partial charge in [0.05, 0.1) is 4.90 Å². The highest BCUT2D eigenvalue weighted by Crippen LogP contribution is 2.27. The molecule has 2 atom stereocenters. The Balaban J connectivity index is 2.24. The third-order valence-electron chi connectivity index (χ3n) is 4.18. The van der Waals surface area contributed by atoms with Crippen LogP contribution < -0.4 is 5.32 Å². The molecule has 8 heteroatoms. The quantitative estimate of drug-likeness (QED) is 0.814. The summed E-state index contributed by atoms with van der Waals surface area (Å²) >= 11 is 0. The third-order valence-corrected chi connectivity index (χ3v) is 6.03. The lowest BCUT2D eigenvalue weighted by Gasteiger charge is -2.34. The molecule has 0 spiro atoms. The van der Waals surface area contributed by atoms with Crippen molar-refractivity contribution in [2.24, 2.45) is 11.8 Å². The smallest absolute Gasteiger partial charge is 0.243 e. The molecule has 26 heavy (non-hydrogen) atoms. The number of nitrogens with one attached hydrogen (secondary N) is 1. The number of piperidine rings is 1. The number of nitrogens with zero attached hydrogens (tertiary/aromatic N) is 4. The van der Waals surface area contributed by atoms with Gasteiger partial charge in [0.1, 0.15) is 23.9 Å². The summed E-state index contributed by atoms with van der Waals surface area (Å²) in [6.07, 6.45) is 1.01. The van der Waals surface area contributed by atoms with Crippen molar-refractivity contribution in [1.82, 2.24) is 4.31 Å². The maximum absolute atomic E-state index is 12.8. The zero-order valence-corrected chi connectivity index (χ0v) is 15.4. The van der Waals surface area contributed by atoms with E-state index in [4.69, 9.17) is 15.8 Å². The highest BCUT2D eigenvalue weighted by Gasteiger charge is 2.31. The van der Waals surface area contributed by atoms with Gasteiger partial charge in [0, 0.05) is 18.8 Å². The lowest BCUT2D eigenvalue weighted by molar-refractivity contribution is 0.222. The number of nitriles is 3. The minimum atomic E-state index is -3.58. The standard InChI is InChI=1S/C18H19N5O2S/c1-13-7-14(2)12-23(11-13)26(24,25)17-5-3-16(4-6-17)22-18(10-21)15(8-19)9-20/h3-6,13-14,22H,7,11-12H2,1-2H3. The van der Waals surface area contributed by atoms with E-state index in [0.717, 1.165) is 6.42 Å². The van der Waals surface area contributed by atoms with E-state index in [1.165, 1.54) is 28.6 Å². The molecule has 1 N–H and O–H groups in total. The molecule has 1 aromatic rings. The summed E-state index contributed by atoms with van der Waals surface area (Å²) < 4.78 is 27.2. The Labute approximate surface area is 153 Å². The van der Waals surface area contributed by atoms with E-state index in [2.05, 4.69) is 5.32 Å². The summed E-state index contributed by atoms with van der Waals surface area (Å²) in [4.78, 5) is 0.174. The Morgan fingerprint density at radius 3 is 2.04 bits per heavy atom. The van der Waals surface area contributed by atoms with E-state index in [0.29, 0.717) is 30.6 Å². The first-order valence-corrected chi connectivity index (χ1v) is 9.57. The monoisotopic (exact) mass is 369 g/mol. The van der Waals surface area contributed by atoms with Crippen LogP contribution in [0.1, 0.15) is 20.3 Å². The van der Waals surface area contributed by atoms with Crippen LogP contribution in [-0.4, -0.2) is 25.8 Å². The minimum Gasteiger partial charge on any atom is -0.345 e. The van der Waals surface area contributed by atoms with Gasteiger partial charge in [0.15, 0.2) is 5.57 Å². The maximum atomic E-state index is 12.8. The molecule has 0 amide bonds. The van der Waals surface area contributed by atoms with E-state index in [1.807, 2.05) is 13.8 Å². The molecule has 0 aromatic heterocycles. The van der Waals surface area contributed by atoms with Crippen molar-refractivity contribution in [2.75, 3.05) is 18.4 Å². The Morgan fingerprint density at radius 2 is 1.58 bits per heavy atom. The largest absolute Gasteiger partial charge is 0.345 e. The fourth-order valence-corrected chi connectivity index (χ4v) is 4.77. The molecule has 1 saturated heterocycles. The van der Waals surface area contributed by atoms with Gasteiger partial charge in [-0.2, -0.15) is 20.1 Å². The average Bonchev–Trinajstić information content (AvgIpc) is 2.61.